The molecule has 1 aromatic heterocycles. The predicted octanol–water partition coefficient (Wildman–Crippen LogP) is 4.02. The molecule has 0 fully saturated rings. The molecule has 3 aromatic rings. The summed E-state index contributed by atoms with van der Waals surface area (Å²) in [6, 6.07) is 15.4. The maximum absolute atomic E-state index is 12.2. The molecule has 6 nitrogen and oxygen atoms in total. The van der Waals surface area contributed by atoms with Gasteiger partial charge in [0.25, 0.3) is 5.22 Å². The summed E-state index contributed by atoms with van der Waals surface area (Å²) < 4.78 is 10.7. The Morgan fingerprint density at radius 3 is 2.52 bits per heavy atom. The summed E-state index contributed by atoms with van der Waals surface area (Å²) in [6.07, 6.45) is 0. The number of thioether (sulfide) groups is 1. The van der Waals surface area contributed by atoms with Gasteiger partial charge in [0.15, 0.2) is 0 Å². The van der Waals surface area contributed by atoms with Crippen LogP contribution in [0.5, 0.6) is 5.75 Å². The molecule has 27 heavy (non-hydrogen) atoms. The lowest BCUT2D eigenvalue weighted by atomic mass is 10.1. The number of benzene rings is 2. The van der Waals surface area contributed by atoms with Gasteiger partial charge in [-0.2, -0.15) is 0 Å². The number of nitrogens with one attached hydrogen (secondary N) is 1. The Morgan fingerprint density at radius 1 is 1.15 bits per heavy atom. The lowest BCUT2D eigenvalue weighted by molar-refractivity contribution is -0.119. The van der Waals surface area contributed by atoms with E-state index in [2.05, 4.69) is 15.5 Å². The molecule has 2 aromatic carbocycles. The molecule has 3 rings (SSSR count). The van der Waals surface area contributed by atoms with E-state index in [9.17, 15) is 4.79 Å². The molecule has 0 saturated heterocycles. The quantitative estimate of drug-likeness (QED) is 0.621. The molecule has 1 unspecified atom stereocenters. The molecule has 1 amide bonds. The van der Waals surface area contributed by atoms with Crippen molar-refractivity contribution in [3.63, 3.8) is 0 Å². The SMILES string of the molecule is COc1ccc(-c2nnc(SCC(=O)NC(C)c3ccc(C)cc3)o2)cc1. The van der Waals surface area contributed by atoms with Crippen LogP contribution < -0.4 is 10.1 Å². The second kappa shape index (κ2) is 8.73. The first-order valence-corrected chi connectivity index (χ1v) is 9.50. The molecule has 0 aliphatic carbocycles. The first-order valence-electron chi connectivity index (χ1n) is 8.52. The third-order valence-corrected chi connectivity index (χ3v) is 4.84. The molecule has 1 heterocycles. The number of carbonyl (C=O) groups is 1. The topological polar surface area (TPSA) is 77.2 Å². The highest BCUT2D eigenvalue weighted by atomic mass is 32.2. The van der Waals surface area contributed by atoms with E-state index < -0.39 is 0 Å². The van der Waals surface area contributed by atoms with Crippen LogP contribution in [0.3, 0.4) is 0 Å². The minimum Gasteiger partial charge on any atom is -0.497 e. The number of aryl methyl sites for hydroxylation is 1. The molecule has 1 N–H and O–H groups in total. The number of rotatable bonds is 7. The number of aromatic nitrogens is 2. The average molecular weight is 383 g/mol. The van der Waals surface area contributed by atoms with E-state index in [0.29, 0.717) is 11.1 Å². The second-order valence-corrected chi connectivity index (χ2v) is 7.02. The van der Waals surface area contributed by atoms with E-state index in [1.165, 1.54) is 17.3 Å². The fraction of sp³-hybridized carbons (Fsp3) is 0.250. The summed E-state index contributed by atoms with van der Waals surface area (Å²) >= 11 is 1.21. The largest absolute Gasteiger partial charge is 0.497 e. The minimum atomic E-state index is -0.0859. The average Bonchev–Trinajstić information content (AvgIpc) is 3.16. The summed E-state index contributed by atoms with van der Waals surface area (Å²) in [4.78, 5) is 12.2. The maximum atomic E-state index is 12.2. The summed E-state index contributed by atoms with van der Waals surface area (Å²) in [5, 5.41) is 11.3. The van der Waals surface area contributed by atoms with Crippen LogP contribution in [0.15, 0.2) is 58.2 Å². The molecule has 0 aliphatic heterocycles. The predicted molar refractivity (Wildman–Crippen MR) is 105 cm³/mol. The molecular formula is C20H21N3O3S. The molecule has 0 spiro atoms. The Labute approximate surface area is 162 Å². The van der Waals surface area contributed by atoms with Crippen molar-refractivity contribution >= 4 is 17.7 Å². The van der Waals surface area contributed by atoms with Crippen LogP contribution in [0, 0.1) is 6.92 Å². The lowest BCUT2D eigenvalue weighted by Crippen LogP contribution is -2.28. The van der Waals surface area contributed by atoms with Crippen LogP contribution >= 0.6 is 11.8 Å². The van der Waals surface area contributed by atoms with Crippen LogP contribution in [0.25, 0.3) is 11.5 Å². The van der Waals surface area contributed by atoms with E-state index in [-0.39, 0.29) is 17.7 Å². The highest BCUT2D eigenvalue weighted by molar-refractivity contribution is 7.99. The van der Waals surface area contributed by atoms with Crippen molar-refractivity contribution in [1.82, 2.24) is 15.5 Å². The summed E-state index contributed by atoms with van der Waals surface area (Å²) in [7, 11) is 1.61. The number of hydrogen-bond acceptors (Lipinski definition) is 6. The Balaban J connectivity index is 1.53. The Hall–Kier alpha value is -2.80. The van der Waals surface area contributed by atoms with Crippen LogP contribution in [-0.4, -0.2) is 29.0 Å². The summed E-state index contributed by atoms with van der Waals surface area (Å²) in [5.74, 6) is 1.29. The molecular weight excluding hydrogens is 362 g/mol. The summed E-state index contributed by atoms with van der Waals surface area (Å²) in [5.41, 5.74) is 3.06. The van der Waals surface area contributed by atoms with Crippen molar-refractivity contribution in [2.75, 3.05) is 12.9 Å². The first kappa shape index (κ1) is 19.0. The Kier molecular flexibility index (Phi) is 6.13. The maximum Gasteiger partial charge on any atom is 0.277 e. The fourth-order valence-electron chi connectivity index (χ4n) is 2.47. The van der Waals surface area contributed by atoms with Gasteiger partial charge in [-0.1, -0.05) is 41.6 Å². The van der Waals surface area contributed by atoms with Crippen LogP contribution in [0.2, 0.25) is 0 Å². The van der Waals surface area contributed by atoms with Crippen LogP contribution in [0.4, 0.5) is 0 Å². The van der Waals surface area contributed by atoms with Crippen molar-refractivity contribution in [3.05, 3.63) is 59.7 Å². The van der Waals surface area contributed by atoms with E-state index >= 15 is 0 Å². The number of carbonyl (C=O) groups excluding carboxylic acids is 1. The van der Waals surface area contributed by atoms with E-state index in [4.69, 9.17) is 9.15 Å². The fourth-order valence-corrected chi connectivity index (χ4v) is 3.04. The number of ether oxygens (including phenoxy) is 1. The van der Waals surface area contributed by atoms with Gasteiger partial charge in [0.2, 0.25) is 11.8 Å². The smallest absolute Gasteiger partial charge is 0.277 e. The van der Waals surface area contributed by atoms with Crippen molar-refractivity contribution in [2.24, 2.45) is 0 Å². The van der Waals surface area contributed by atoms with Gasteiger partial charge in [-0.05, 0) is 43.7 Å². The molecule has 140 valence electrons. The lowest BCUT2D eigenvalue weighted by Gasteiger charge is -2.14. The number of methoxy groups -OCH3 is 1. The normalized spacial score (nSPS) is 11.8. The zero-order valence-corrected chi connectivity index (χ0v) is 16.2. The monoisotopic (exact) mass is 383 g/mol. The van der Waals surface area contributed by atoms with E-state index in [0.717, 1.165) is 16.9 Å². The van der Waals surface area contributed by atoms with Crippen LogP contribution in [-0.2, 0) is 4.79 Å². The zero-order valence-electron chi connectivity index (χ0n) is 15.4. The molecule has 0 radical (unpaired) electrons. The van der Waals surface area contributed by atoms with E-state index in [1.54, 1.807) is 7.11 Å². The number of amides is 1. The third-order valence-electron chi connectivity index (χ3n) is 4.03. The van der Waals surface area contributed by atoms with Gasteiger partial charge in [0, 0.05) is 5.56 Å². The first-order chi connectivity index (χ1) is 13.0. The van der Waals surface area contributed by atoms with Crippen molar-refractivity contribution in [1.29, 1.82) is 0 Å². The minimum absolute atomic E-state index is 0.0590. The Morgan fingerprint density at radius 2 is 1.85 bits per heavy atom. The number of hydrogen-bond donors (Lipinski definition) is 1. The highest BCUT2D eigenvalue weighted by Crippen LogP contribution is 2.25. The van der Waals surface area contributed by atoms with Crippen molar-refractivity contribution in [3.8, 4) is 17.2 Å². The number of nitrogens with zero attached hydrogens (tertiary/aromatic N) is 2. The van der Waals surface area contributed by atoms with Gasteiger partial charge in [0.1, 0.15) is 5.75 Å². The highest BCUT2D eigenvalue weighted by Gasteiger charge is 2.13. The van der Waals surface area contributed by atoms with Gasteiger partial charge >= 0.3 is 0 Å². The molecule has 7 heteroatoms. The van der Waals surface area contributed by atoms with Gasteiger partial charge in [-0.3, -0.25) is 4.79 Å². The molecule has 0 saturated carbocycles. The van der Waals surface area contributed by atoms with Crippen molar-refractivity contribution < 1.29 is 13.9 Å². The standard InChI is InChI=1S/C20H21N3O3S/c1-13-4-6-15(7-5-13)14(2)21-18(24)12-27-20-23-22-19(26-20)16-8-10-17(25-3)11-9-16/h4-11,14H,12H2,1-3H3,(H,21,24). The Bertz CT molecular complexity index is 892. The van der Waals surface area contributed by atoms with Gasteiger partial charge in [-0.25, -0.2) is 0 Å². The van der Waals surface area contributed by atoms with Gasteiger partial charge in [-0.15, -0.1) is 10.2 Å². The third kappa shape index (κ3) is 5.10. The van der Waals surface area contributed by atoms with Crippen LogP contribution in [0.1, 0.15) is 24.1 Å². The van der Waals surface area contributed by atoms with Gasteiger partial charge in [0.05, 0.1) is 18.9 Å². The second-order valence-electron chi connectivity index (χ2n) is 6.09. The van der Waals surface area contributed by atoms with Crippen molar-refractivity contribution in [2.45, 2.75) is 25.1 Å². The molecule has 1 atom stereocenters. The zero-order chi connectivity index (χ0) is 19.2. The van der Waals surface area contributed by atoms with E-state index in [1.807, 2.05) is 62.4 Å². The molecule has 0 aliphatic rings. The molecule has 0 bridgehead atoms. The summed E-state index contributed by atoms with van der Waals surface area (Å²) in [6.45, 7) is 4.00. The van der Waals surface area contributed by atoms with Gasteiger partial charge < -0.3 is 14.5 Å².